The fourth-order valence-electron chi connectivity index (χ4n) is 4.98. The van der Waals surface area contributed by atoms with Crippen LogP contribution in [0.15, 0.2) is 30.3 Å². The Morgan fingerprint density at radius 1 is 0.806 bits per heavy atom. The first-order chi connectivity index (χ1) is 16.5. The summed E-state index contributed by atoms with van der Waals surface area (Å²) in [6.07, 6.45) is -11.3. The quantitative estimate of drug-likeness (QED) is 0.386. The molecule has 0 fully saturated rings. The van der Waals surface area contributed by atoms with Crippen molar-refractivity contribution in [3.8, 4) is 0 Å². The van der Waals surface area contributed by atoms with Crippen molar-refractivity contribution in [2.75, 3.05) is 0 Å². The van der Waals surface area contributed by atoms with Crippen LogP contribution in [0, 0.1) is 5.92 Å². The predicted molar refractivity (Wildman–Crippen MR) is 106 cm³/mol. The maximum atomic E-state index is 14.7. The van der Waals surface area contributed by atoms with Gasteiger partial charge < -0.3 is 20.4 Å². The monoisotopic (exact) mass is 516 g/mol. The van der Waals surface area contributed by atoms with E-state index in [-0.39, 0.29) is 11.5 Å². The van der Waals surface area contributed by atoms with Gasteiger partial charge in [0.25, 0.3) is 0 Å². The molecule has 3 aromatic rings. The molecule has 4 N–H and O–H groups in total. The van der Waals surface area contributed by atoms with Crippen LogP contribution >= 0.6 is 0 Å². The van der Waals surface area contributed by atoms with Gasteiger partial charge in [-0.25, -0.2) is 9.59 Å². The minimum atomic E-state index is -6.12. The lowest BCUT2D eigenvalue weighted by atomic mass is 9.60. The fourth-order valence-corrected chi connectivity index (χ4v) is 4.98. The average molecular weight is 516 g/mol. The summed E-state index contributed by atoms with van der Waals surface area (Å²) in [5.74, 6) is -13.4. The number of carboxylic acids is 4. The Kier molecular flexibility index (Phi) is 5.03. The van der Waals surface area contributed by atoms with Gasteiger partial charge in [-0.15, -0.1) is 0 Å². The van der Waals surface area contributed by atoms with Gasteiger partial charge >= 0.3 is 36.2 Å². The van der Waals surface area contributed by atoms with E-state index in [9.17, 15) is 65.9 Å². The van der Waals surface area contributed by atoms with Crippen molar-refractivity contribution >= 4 is 51.0 Å². The Balaban J connectivity index is 2.55. The molecule has 0 aliphatic heterocycles. The first-order valence-corrected chi connectivity index (χ1v) is 9.61. The number of carbonyl (C=O) groups is 4. The molecule has 0 aromatic heterocycles. The van der Waals surface area contributed by atoms with Gasteiger partial charge in [-0.05, 0) is 38.9 Å². The number of alkyl halides is 6. The van der Waals surface area contributed by atoms with Crippen LogP contribution in [0.2, 0.25) is 0 Å². The zero-order chi connectivity index (χ0) is 27.1. The summed E-state index contributed by atoms with van der Waals surface area (Å²) in [6, 6.07) is 3.38. The molecule has 14 heteroatoms. The highest BCUT2D eigenvalue weighted by molar-refractivity contribution is 6.25. The summed E-state index contributed by atoms with van der Waals surface area (Å²) >= 11 is 0. The second-order valence-electron chi connectivity index (χ2n) is 7.95. The van der Waals surface area contributed by atoms with Crippen molar-refractivity contribution in [1.29, 1.82) is 0 Å². The van der Waals surface area contributed by atoms with E-state index in [4.69, 9.17) is 0 Å². The molecule has 188 valence electrons. The molecule has 36 heavy (non-hydrogen) atoms. The van der Waals surface area contributed by atoms with Crippen LogP contribution < -0.4 is 5.22 Å². The number of aliphatic carboxylic acids is 3. The molecule has 2 atom stereocenters. The molecule has 3 aromatic carbocycles. The summed E-state index contributed by atoms with van der Waals surface area (Å²) in [7, 11) is 0. The lowest BCUT2D eigenvalue weighted by Gasteiger charge is -2.41. The van der Waals surface area contributed by atoms with Crippen LogP contribution in [0.25, 0.3) is 27.1 Å². The highest BCUT2D eigenvalue weighted by Crippen LogP contribution is 2.55. The van der Waals surface area contributed by atoms with E-state index in [1.807, 2.05) is 0 Å². The van der Waals surface area contributed by atoms with Crippen LogP contribution in [-0.4, -0.2) is 50.5 Å². The maximum absolute atomic E-state index is 14.7. The third-order valence-corrected chi connectivity index (χ3v) is 6.24. The van der Waals surface area contributed by atoms with Gasteiger partial charge in [0.15, 0.2) is 0 Å². The van der Waals surface area contributed by atoms with Crippen molar-refractivity contribution in [3.63, 3.8) is 0 Å². The third kappa shape index (κ3) is 2.96. The fraction of sp³-hybridized carbons (Fsp3) is 0.182. The van der Waals surface area contributed by atoms with Crippen molar-refractivity contribution in [2.24, 2.45) is 5.92 Å². The van der Waals surface area contributed by atoms with Crippen LogP contribution in [-0.2, 0) is 26.0 Å². The molecule has 0 saturated carbocycles. The Morgan fingerprint density at radius 2 is 1.39 bits per heavy atom. The number of benzene rings is 3. The standard InChI is InChI=1S/C22H10F6O8/c23-21(24,25)10-4-2-6-1-3-7-12-11(6)8(10)5-9(16(29)30)14(12)20(19(35)36,22(26,27)28)15(18(33)34)13(7)17(31)32/h1-5,15H,(H,29,30)(H,31,32)(H,33,34)(H,35,36). The molecule has 0 spiro atoms. The number of rotatable bonds is 4. The van der Waals surface area contributed by atoms with E-state index < -0.39 is 91.2 Å². The summed E-state index contributed by atoms with van der Waals surface area (Å²) in [5, 5.41) is 35.2. The number of aromatic carboxylic acids is 1. The third-order valence-electron chi connectivity index (χ3n) is 6.24. The van der Waals surface area contributed by atoms with Gasteiger partial charge in [0.05, 0.1) is 16.7 Å². The zero-order valence-electron chi connectivity index (χ0n) is 17.2. The Morgan fingerprint density at radius 3 is 1.83 bits per heavy atom. The average Bonchev–Trinajstić information content (AvgIpc) is 2.73. The normalized spacial score (nSPS) is 20.1. The Labute approximate surface area is 193 Å². The Hall–Kier alpha value is -4.36. The molecule has 0 bridgehead atoms. The molecule has 2 unspecified atom stereocenters. The van der Waals surface area contributed by atoms with E-state index in [1.54, 1.807) is 0 Å². The highest BCUT2D eigenvalue weighted by Gasteiger charge is 2.72. The lowest BCUT2D eigenvalue weighted by molar-refractivity contribution is -0.217. The number of halogens is 6. The minimum Gasteiger partial charge on any atom is -0.481 e. The minimum absolute atomic E-state index is 0.199. The smallest absolute Gasteiger partial charge is 0.417 e. The molecule has 8 nitrogen and oxygen atoms in total. The summed E-state index contributed by atoms with van der Waals surface area (Å²) in [5.41, 5.74) is -11.0. The van der Waals surface area contributed by atoms with Gasteiger partial charge in [-0.2, -0.15) is 26.3 Å². The maximum Gasteiger partial charge on any atom is 0.417 e. The van der Waals surface area contributed by atoms with Gasteiger partial charge in [-0.3, -0.25) is 9.59 Å². The molecule has 1 aliphatic carbocycles. The molecular formula is C22H10F6O8. The number of hydrogen-bond donors (Lipinski definition) is 4. The van der Waals surface area contributed by atoms with Crippen molar-refractivity contribution in [2.45, 2.75) is 17.8 Å². The molecule has 1 aliphatic rings. The number of carboxylic acid groups (broad SMARTS) is 4. The highest BCUT2D eigenvalue weighted by atomic mass is 19.4. The van der Waals surface area contributed by atoms with Crippen LogP contribution in [0.1, 0.15) is 21.5 Å². The van der Waals surface area contributed by atoms with Crippen molar-refractivity contribution in [1.82, 2.24) is 0 Å². The summed E-state index contributed by atoms with van der Waals surface area (Å²) in [6.45, 7) is 0. The zero-order valence-corrected chi connectivity index (χ0v) is 17.2. The topological polar surface area (TPSA) is 149 Å². The molecule has 4 rings (SSSR count). The Bertz CT molecular complexity index is 1590. The van der Waals surface area contributed by atoms with Gasteiger partial charge in [0.1, 0.15) is 5.92 Å². The summed E-state index contributed by atoms with van der Waals surface area (Å²) in [4.78, 5) is 48.6. The van der Waals surface area contributed by atoms with E-state index in [1.165, 1.54) is 0 Å². The molecular weight excluding hydrogens is 506 g/mol. The molecule has 0 saturated heterocycles. The first kappa shape index (κ1) is 24.8. The molecule has 0 radical (unpaired) electrons. The van der Waals surface area contributed by atoms with Crippen LogP contribution in [0.4, 0.5) is 26.3 Å². The van der Waals surface area contributed by atoms with Gasteiger partial charge in [0, 0.05) is 5.56 Å². The summed E-state index contributed by atoms with van der Waals surface area (Å²) < 4.78 is 85.3. The first-order valence-electron chi connectivity index (χ1n) is 9.61. The number of hydrogen-bond acceptors (Lipinski definition) is 4. The largest absolute Gasteiger partial charge is 0.481 e. The predicted octanol–water partition coefficient (Wildman–Crippen LogP) is 3.26. The molecule has 0 heterocycles. The molecule has 0 amide bonds. The second kappa shape index (κ2) is 7.32. The van der Waals surface area contributed by atoms with Crippen LogP contribution in [0.3, 0.4) is 0 Å². The van der Waals surface area contributed by atoms with E-state index in [0.29, 0.717) is 6.07 Å². The lowest BCUT2D eigenvalue weighted by Crippen LogP contribution is -2.61. The van der Waals surface area contributed by atoms with E-state index >= 15 is 0 Å². The van der Waals surface area contributed by atoms with Gasteiger partial charge in [-0.1, -0.05) is 18.2 Å². The van der Waals surface area contributed by atoms with Gasteiger partial charge in [0.2, 0.25) is 5.41 Å². The van der Waals surface area contributed by atoms with E-state index in [2.05, 4.69) is 0 Å². The van der Waals surface area contributed by atoms with Crippen LogP contribution in [0.5, 0.6) is 0 Å². The van der Waals surface area contributed by atoms with Crippen molar-refractivity contribution < 1.29 is 65.9 Å². The second-order valence-corrected chi connectivity index (χ2v) is 7.95. The van der Waals surface area contributed by atoms with E-state index in [0.717, 1.165) is 18.2 Å². The van der Waals surface area contributed by atoms with Crippen molar-refractivity contribution in [3.05, 3.63) is 52.2 Å². The SMILES string of the molecule is O=C(O)C1=c2ccc3ccc(C(F)(F)F)c4cc(C(=O)O)c(c2c34)C(C(=O)O)(C(F)(F)F)C1C(=O)O.